The molecule has 1 aromatic rings. The highest BCUT2D eigenvalue weighted by atomic mass is 79.9. The molecule has 0 spiro atoms. The van der Waals surface area contributed by atoms with Gasteiger partial charge in [0.1, 0.15) is 0 Å². The van der Waals surface area contributed by atoms with Crippen molar-refractivity contribution in [2.24, 2.45) is 0 Å². The van der Waals surface area contributed by atoms with Crippen molar-refractivity contribution in [1.82, 2.24) is 4.90 Å². The van der Waals surface area contributed by atoms with E-state index < -0.39 is 25.1 Å². The highest BCUT2D eigenvalue weighted by Gasteiger charge is 2.31. The Morgan fingerprint density at radius 2 is 1.84 bits per heavy atom. The number of aliphatic hydroxyl groups excluding tert-OH is 1. The number of carbonyl (C=O) groups excluding carboxylic acids is 1. The topological polar surface area (TPSA) is 40.5 Å². The van der Waals surface area contributed by atoms with Crippen molar-refractivity contribution in [1.29, 1.82) is 0 Å². The van der Waals surface area contributed by atoms with Crippen LogP contribution in [0, 0.1) is 0 Å². The van der Waals surface area contributed by atoms with E-state index in [9.17, 15) is 18.0 Å². The SMILES string of the molecule is O=C(CN(CCO)CC(F)(F)F)c1ccc(Br)cc1. The Kier molecular flexibility index (Phi) is 5.96. The number of rotatable bonds is 6. The first-order chi connectivity index (χ1) is 8.81. The molecule has 0 fully saturated rings. The molecule has 0 bridgehead atoms. The maximum Gasteiger partial charge on any atom is 0.401 e. The second kappa shape index (κ2) is 7.02. The number of hydrogen-bond donors (Lipinski definition) is 1. The Balaban J connectivity index is 2.68. The Morgan fingerprint density at radius 3 is 2.32 bits per heavy atom. The average Bonchev–Trinajstić information content (AvgIpc) is 2.27. The van der Waals surface area contributed by atoms with Crippen molar-refractivity contribution in [3.8, 4) is 0 Å². The quantitative estimate of drug-likeness (QED) is 0.809. The van der Waals surface area contributed by atoms with Gasteiger partial charge in [0.2, 0.25) is 0 Å². The molecule has 1 N–H and O–H groups in total. The molecule has 0 saturated heterocycles. The summed E-state index contributed by atoms with van der Waals surface area (Å²) in [4.78, 5) is 12.7. The monoisotopic (exact) mass is 339 g/mol. The van der Waals surface area contributed by atoms with Crippen molar-refractivity contribution in [2.75, 3.05) is 26.2 Å². The van der Waals surface area contributed by atoms with E-state index in [1.807, 2.05) is 0 Å². The van der Waals surface area contributed by atoms with Gasteiger partial charge in [-0.25, -0.2) is 0 Å². The van der Waals surface area contributed by atoms with E-state index in [0.29, 0.717) is 5.56 Å². The predicted molar refractivity (Wildman–Crippen MR) is 68.1 cm³/mol. The van der Waals surface area contributed by atoms with E-state index in [1.54, 1.807) is 12.1 Å². The number of benzene rings is 1. The smallest absolute Gasteiger partial charge is 0.395 e. The van der Waals surface area contributed by atoms with Gasteiger partial charge >= 0.3 is 6.18 Å². The number of aliphatic hydroxyl groups is 1. The van der Waals surface area contributed by atoms with Gasteiger partial charge in [0, 0.05) is 16.6 Å². The van der Waals surface area contributed by atoms with Crippen LogP contribution in [0.5, 0.6) is 0 Å². The van der Waals surface area contributed by atoms with Crippen LogP contribution in [-0.2, 0) is 0 Å². The number of halogens is 4. The standard InChI is InChI=1S/C12H13BrF3NO2/c13-10-3-1-9(2-4-10)11(19)7-17(5-6-18)8-12(14,15)16/h1-4,18H,5-8H2. The first-order valence-electron chi connectivity index (χ1n) is 5.50. The van der Waals surface area contributed by atoms with Gasteiger partial charge in [-0.15, -0.1) is 0 Å². The second-order valence-electron chi connectivity index (χ2n) is 3.98. The van der Waals surface area contributed by atoms with Gasteiger partial charge in [-0.1, -0.05) is 28.1 Å². The molecule has 0 saturated carbocycles. The van der Waals surface area contributed by atoms with Crippen LogP contribution in [0.15, 0.2) is 28.7 Å². The Hall–Kier alpha value is -0.920. The Bertz CT molecular complexity index is 420. The summed E-state index contributed by atoms with van der Waals surface area (Å²) in [5, 5.41) is 8.73. The zero-order chi connectivity index (χ0) is 14.5. The molecule has 1 aromatic carbocycles. The summed E-state index contributed by atoms with van der Waals surface area (Å²) in [6.45, 7) is -2.21. The predicted octanol–water partition coefficient (Wildman–Crippen LogP) is 2.49. The molecule has 0 amide bonds. The summed E-state index contributed by atoms with van der Waals surface area (Å²) in [7, 11) is 0. The van der Waals surface area contributed by atoms with Crippen LogP contribution < -0.4 is 0 Å². The third-order valence-electron chi connectivity index (χ3n) is 2.35. The maximum atomic E-state index is 12.3. The summed E-state index contributed by atoms with van der Waals surface area (Å²) < 4.78 is 37.7. The first-order valence-corrected chi connectivity index (χ1v) is 6.30. The van der Waals surface area contributed by atoms with Gasteiger partial charge in [0.25, 0.3) is 0 Å². The molecule has 106 valence electrons. The fourth-order valence-corrected chi connectivity index (χ4v) is 1.80. The van der Waals surface area contributed by atoms with Crippen molar-refractivity contribution in [3.63, 3.8) is 0 Å². The molecule has 1 rings (SSSR count). The average molecular weight is 340 g/mol. The zero-order valence-electron chi connectivity index (χ0n) is 9.95. The zero-order valence-corrected chi connectivity index (χ0v) is 11.5. The Morgan fingerprint density at radius 1 is 1.26 bits per heavy atom. The molecular weight excluding hydrogens is 327 g/mol. The second-order valence-corrected chi connectivity index (χ2v) is 4.90. The minimum absolute atomic E-state index is 0.193. The summed E-state index contributed by atoms with van der Waals surface area (Å²) in [6, 6.07) is 6.37. The third kappa shape index (κ3) is 6.17. The lowest BCUT2D eigenvalue weighted by Gasteiger charge is -2.21. The molecule has 19 heavy (non-hydrogen) atoms. The maximum absolute atomic E-state index is 12.3. The molecular formula is C12H13BrF3NO2. The van der Waals surface area contributed by atoms with Crippen LogP contribution >= 0.6 is 15.9 Å². The van der Waals surface area contributed by atoms with Crippen LogP contribution in [0.3, 0.4) is 0 Å². The molecule has 3 nitrogen and oxygen atoms in total. The minimum atomic E-state index is -4.39. The molecule has 0 aliphatic heterocycles. The van der Waals surface area contributed by atoms with Crippen LogP contribution in [0.1, 0.15) is 10.4 Å². The number of nitrogens with zero attached hydrogens (tertiary/aromatic N) is 1. The number of carbonyl (C=O) groups is 1. The summed E-state index contributed by atoms with van der Waals surface area (Å²) >= 11 is 3.21. The van der Waals surface area contributed by atoms with Gasteiger partial charge in [-0.2, -0.15) is 13.2 Å². The lowest BCUT2D eigenvalue weighted by molar-refractivity contribution is -0.145. The fourth-order valence-electron chi connectivity index (χ4n) is 1.54. The van der Waals surface area contributed by atoms with E-state index in [1.165, 1.54) is 12.1 Å². The van der Waals surface area contributed by atoms with E-state index in [0.717, 1.165) is 9.37 Å². The first kappa shape index (κ1) is 16.1. The molecule has 0 atom stereocenters. The van der Waals surface area contributed by atoms with Gasteiger partial charge in [-0.05, 0) is 12.1 Å². The van der Waals surface area contributed by atoms with Gasteiger partial charge in [0.05, 0.1) is 19.7 Å². The number of ketones is 1. The normalized spacial score (nSPS) is 11.9. The fraction of sp³-hybridized carbons (Fsp3) is 0.417. The summed E-state index contributed by atoms with van der Waals surface area (Å²) in [5.41, 5.74) is 0.341. The number of alkyl halides is 3. The largest absolute Gasteiger partial charge is 0.401 e. The van der Waals surface area contributed by atoms with E-state index >= 15 is 0 Å². The van der Waals surface area contributed by atoms with Crippen molar-refractivity contribution in [2.45, 2.75) is 6.18 Å². The van der Waals surface area contributed by atoms with Gasteiger partial charge in [0.15, 0.2) is 5.78 Å². The van der Waals surface area contributed by atoms with Crippen molar-refractivity contribution >= 4 is 21.7 Å². The third-order valence-corrected chi connectivity index (χ3v) is 2.88. The molecule has 0 aliphatic carbocycles. The van der Waals surface area contributed by atoms with Crippen LogP contribution in [0.25, 0.3) is 0 Å². The van der Waals surface area contributed by atoms with Gasteiger partial charge < -0.3 is 5.11 Å². The van der Waals surface area contributed by atoms with E-state index in [-0.39, 0.29) is 13.1 Å². The Labute approximate surface area is 117 Å². The number of hydrogen-bond acceptors (Lipinski definition) is 3. The molecule has 0 unspecified atom stereocenters. The van der Waals surface area contributed by atoms with Crippen LogP contribution in [0.2, 0.25) is 0 Å². The van der Waals surface area contributed by atoms with Crippen molar-refractivity contribution in [3.05, 3.63) is 34.3 Å². The van der Waals surface area contributed by atoms with E-state index in [4.69, 9.17) is 5.11 Å². The minimum Gasteiger partial charge on any atom is -0.395 e. The molecule has 0 radical (unpaired) electrons. The molecule has 7 heteroatoms. The lowest BCUT2D eigenvalue weighted by atomic mass is 10.1. The summed E-state index contributed by atoms with van der Waals surface area (Å²) in [5.74, 6) is -0.412. The molecule has 0 aliphatic rings. The molecule has 0 heterocycles. The highest BCUT2D eigenvalue weighted by Crippen LogP contribution is 2.17. The van der Waals surface area contributed by atoms with Gasteiger partial charge in [-0.3, -0.25) is 9.69 Å². The molecule has 0 aromatic heterocycles. The number of Topliss-reactive ketones (excluding diaryl/α,β-unsaturated/α-hetero) is 1. The van der Waals surface area contributed by atoms with Crippen LogP contribution in [0.4, 0.5) is 13.2 Å². The van der Waals surface area contributed by atoms with E-state index in [2.05, 4.69) is 15.9 Å². The highest BCUT2D eigenvalue weighted by molar-refractivity contribution is 9.10. The van der Waals surface area contributed by atoms with Crippen molar-refractivity contribution < 1.29 is 23.1 Å². The lowest BCUT2D eigenvalue weighted by Crippen LogP contribution is -2.39. The van der Waals surface area contributed by atoms with Crippen LogP contribution in [-0.4, -0.2) is 48.2 Å². The summed E-state index contributed by atoms with van der Waals surface area (Å²) in [6.07, 6.45) is -4.39.